The Morgan fingerprint density at radius 2 is 1.57 bits per heavy atom. The smallest absolute Gasteiger partial charge is 0.475 e. The number of aromatic nitrogens is 2. The van der Waals surface area contributed by atoms with E-state index < -0.39 is 53.7 Å². The molecule has 7 nitrogen and oxygen atoms in total. The van der Waals surface area contributed by atoms with Crippen LogP contribution in [-0.4, -0.2) is 50.7 Å². The van der Waals surface area contributed by atoms with Crippen molar-refractivity contribution in [3.63, 3.8) is 0 Å². The van der Waals surface area contributed by atoms with Crippen LogP contribution in [0.4, 0.5) is 39.5 Å². The number of alkyl halides is 6. The van der Waals surface area contributed by atoms with E-state index in [2.05, 4.69) is 9.84 Å². The first-order valence-corrected chi connectivity index (χ1v) is 11.1. The Hall–Kier alpha value is -4.24. The van der Waals surface area contributed by atoms with Crippen LogP contribution in [0.3, 0.4) is 0 Å². The Labute approximate surface area is 219 Å². The van der Waals surface area contributed by atoms with Gasteiger partial charge < -0.3 is 14.7 Å². The Bertz CT molecular complexity index is 1410. The average Bonchev–Trinajstić information content (AvgIpc) is 3.18. The normalized spacial score (nSPS) is 15.2. The second-order valence-electron chi connectivity index (χ2n) is 8.36. The molecule has 1 atom stereocenters. The lowest BCUT2D eigenvalue weighted by Gasteiger charge is -2.33. The van der Waals surface area contributed by atoms with Crippen LogP contribution in [0.15, 0.2) is 36.4 Å². The Morgan fingerprint density at radius 3 is 2.10 bits per heavy atom. The number of carbonyl (C=O) groups excluding carboxylic acids is 1. The van der Waals surface area contributed by atoms with E-state index in [1.54, 1.807) is 6.92 Å². The van der Waals surface area contributed by atoms with Gasteiger partial charge in [0.1, 0.15) is 5.75 Å². The van der Waals surface area contributed by atoms with E-state index in [4.69, 9.17) is 9.90 Å². The molecule has 3 aromatic rings. The molecule has 4 rings (SSSR count). The maximum Gasteiger partial charge on any atom is 0.573 e. The highest BCUT2D eigenvalue weighted by Gasteiger charge is 2.38. The largest absolute Gasteiger partial charge is 0.573 e. The fourth-order valence-electron chi connectivity index (χ4n) is 4.09. The number of carbonyl (C=O) groups is 2. The number of aliphatic carboxylic acids is 1. The van der Waals surface area contributed by atoms with Gasteiger partial charge in [0.05, 0.1) is 23.0 Å². The van der Waals surface area contributed by atoms with Gasteiger partial charge in [0, 0.05) is 24.7 Å². The van der Waals surface area contributed by atoms with Crippen molar-refractivity contribution in [3.05, 3.63) is 70.7 Å². The molecule has 0 bridgehead atoms. The molecule has 16 heteroatoms. The van der Waals surface area contributed by atoms with Crippen LogP contribution in [0.2, 0.25) is 0 Å². The topological polar surface area (TPSA) is 84.7 Å². The summed E-state index contributed by atoms with van der Waals surface area (Å²) in [5.74, 6) is -8.33. The average molecular weight is 583 g/mol. The molecule has 1 aliphatic heterocycles. The van der Waals surface area contributed by atoms with Gasteiger partial charge in [-0.15, -0.1) is 13.2 Å². The Kier molecular flexibility index (Phi) is 8.40. The number of hydrogen-bond acceptors (Lipinski definition) is 4. The summed E-state index contributed by atoms with van der Waals surface area (Å²) in [4.78, 5) is 23.4. The van der Waals surface area contributed by atoms with Crippen molar-refractivity contribution in [2.45, 2.75) is 31.9 Å². The number of para-hydroxylation sites is 1. The predicted octanol–water partition coefficient (Wildman–Crippen LogP) is 5.80. The monoisotopic (exact) mass is 583 g/mol. The van der Waals surface area contributed by atoms with Crippen molar-refractivity contribution < 1.29 is 58.9 Å². The van der Waals surface area contributed by atoms with Crippen LogP contribution in [0, 0.1) is 17.5 Å². The predicted molar refractivity (Wildman–Crippen MR) is 118 cm³/mol. The van der Waals surface area contributed by atoms with Gasteiger partial charge in [-0.1, -0.05) is 12.1 Å². The van der Waals surface area contributed by atoms with Crippen molar-refractivity contribution in [1.82, 2.24) is 14.7 Å². The first-order valence-electron chi connectivity index (χ1n) is 11.1. The molecule has 1 amide bonds. The van der Waals surface area contributed by atoms with E-state index in [1.165, 1.54) is 34.8 Å². The van der Waals surface area contributed by atoms with E-state index in [-0.39, 0.29) is 24.1 Å². The number of aryl methyl sites for hydroxylation is 1. The van der Waals surface area contributed by atoms with Gasteiger partial charge in [-0.05, 0) is 37.6 Å². The number of carboxylic acid groups (broad SMARTS) is 1. The SMILES string of the molecule is C[C@H]1c2nn(C)c(-c3cc(F)c(F)c(F)c3)c2CCN1C(=O)c1ccccc1OC(F)(F)F.O=C(O)C(F)(F)F. The molecule has 1 aliphatic rings. The van der Waals surface area contributed by atoms with Crippen molar-refractivity contribution in [3.8, 4) is 17.0 Å². The van der Waals surface area contributed by atoms with Crippen LogP contribution in [0.1, 0.15) is 34.6 Å². The van der Waals surface area contributed by atoms with E-state index in [9.17, 15) is 44.3 Å². The van der Waals surface area contributed by atoms with Crippen LogP contribution in [-0.2, 0) is 18.3 Å². The van der Waals surface area contributed by atoms with Gasteiger partial charge in [0.15, 0.2) is 17.5 Å². The second-order valence-corrected chi connectivity index (χ2v) is 8.36. The lowest BCUT2D eigenvalue weighted by atomic mass is 9.95. The molecule has 0 saturated heterocycles. The van der Waals surface area contributed by atoms with Gasteiger partial charge in [-0.2, -0.15) is 18.3 Å². The molecule has 0 aliphatic carbocycles. The van der Waals surface area contributed by atoms with Crippen molar-refractivity contribution >= 4 is 11.9 Å². The molecule has 2 heterocycles. The number of halogens is 9. The van der Waals surface area contributed by atoms with Crippen LogP contribution in [0.25, 0.3) is 11.3 Å². The summed E-state index contributed by atoms with van der Waals surface area (Å²) in [7, 11) is 1.54. The summed E-state index contributed by atoms with van der Waals surface area (Å²) in [6.07, 6.45) is -9.83. The minimum Gasteiger partial charge on any atom is -0.475 e. The van der Waals surface area contributed by atoms with Crippen LogP contribution in [0.5, 0.6) is 5.75 Å². The van der Waals surface area contributed by atoms with Crippen LogP contribution >= 0.6 is 0 Å². The summed E-state index contributed by atoms with van der Waals surface area (Å²) in [5, 5.41) is 11.5. The molecule has 0 radical (unpaired) electrons. The molecule has 40 heavy (non-hydrogen) atoms. The van der Waals surface area contributed by atoms with Gasteiger partial charge in [0.2, 0.25) is 0 Å². The molecule has 0 spiro atoms. The summed E-state index contributed by atoms with van der Waals surface area (Å²) >= 11 is 0. The molecule has 0 saturated carbocycles. The number of hydrogen-bond donors (Lipinski definition) is 1. The molecule has 1 aromatic heterocycles. The van der Waals surface area contributed by atoms with Gasteiger partial charge in [-0.25, -0.2) is 18.0 Å². The molecule has 1 N–H and O–H groups in total. The number of nitrogens with zero attached hydrogens (tertiary/aromatic N) is 3. The number of rotatable bonds is 3. The zero-order valence-electron chi connectivity index (χ0n) is 20.4. The Morgan fingerprint density at radius 1 is 1.02 bits per heavy atom. The zero-order valence-corrected chi connectivity index (χ0v) is 20.4. The minimum absolute atomic E-state index is 0.0820. The fraction of sp³-hybridized carbons (Fsp3) is 0.292. The minimum atomic E-state index is -5.08. The highest BCUT2D eigenvalue weighted by Crippen LogP contribution is 2.38. The van der Waals surface area contributed by atoms with Crippen molar-refractivity contribution in [1.29, 1.82) is 0 Å². The van der Waals surface area contributed by atoms with E-state index in [0.29, 0.717) is 17.0 Å². The van der Waals surface area contributed by atoms with Crippen molar-refractivity contribution in [2.75, 3.05) is 6.54 Å². The first kappa shape index (κ1) is 30.3. The molecule has 0 unspecified atom stereocenters. The summed E-state index contributed by atoms with van der Waals surface area (Å²) < 4.78 is 116. The number of ether oxygens (including phenoxy) is 1. The highest BCUT2D eigenvalue weighted by atomic mass is 19.4. The molecule has 0 fully saturated rings. The summed E-state index contributed by atoms with van der Waals surface area (Å²) in [5.41, 5.74) is 1.22. The van der Waals surface area contributed by atoms with E-state index >= 15 is 0 Å². The van der Waals surface area contributed by atoms with Crippen molar-refractivity contribution in [2.24, 2.45) is 7.05 Å². The third kappa shape index (κ3) is 6.48. The van der Waals surface area contributed by atoms with Gasteiger partial charge >= 0.3 is 18.5 Å². The molecule has 2 aromatic carbocycles. The second kappa shape index (κ2) is 11.1. The first-order chi connectivity index (χ1) is 18.4. The molecular formula is C24H18F9N3O4. The lowest BCUT2D eigenvalue weighted by Crippen LogP contribution is -2.39. The third-order valence-corrected chi connectivity index (χ3v) is 5.75. The van der Waals surface area contributed by atoms with Gasteiger partial charge in [0.25, 0.3) is 5.91 Å². The van der Waals surface area contributed by atoms with Gasteiger partial charge in [-0.3, -0.25) is 9.48 Å². The molecular weight excluding hydrogens is 565 g/mol. The standard InChI is InChI=1S/C22H17F6N3O2.C2HF3O2/c1-11-19-14(20(30(2)29-19)12-9-15(23)18(25)16(24)10-12)7-8-31(11)21(32)13-5-3-4-6-17(13)33-22(26,27)28;3-2(4,5)1(6)7/h3-6,9-11H,7-8H2,1-2H3;(H,6,7)/t11-;/m0./s1. The lowest BCUT2D eigenvalue weighted by molar-refractivity contribution is -0.274. The Balaban J connectivity index is 0.000000559. The zero-order chi connectivity index (χ0) is 30.2. The third-order valence-electron chi connectivity index (χ3n) is 5.75. The summed E-state index contributed by atoms with van der Waals surface area (Å²) in [6.45, 7) is 1.75. The van der Waals surface area contributed by atoms with E-state index in [1.807, 2.05) is 0 Å². The maximum atomic E-state index is 13.8. The van der Waals surface area contributed by atoms with E-state index in [0.717, 1.165) is 18.2 Å². The quantitative estimate of drug-likeness (QED) is 0.312. The fourth-order valence-corrected chi connectivity index (χ4v) is 4.09. The number of benzene rings is 2. The van der Waals surface area contributed by atoms with Crippen LogP contribution < -0.4 is 4.74 Å². The highest BCUT2D eigenvalue weighted by molar-refractivity contribution is 5.97. The number of fused-ring (bicyclic) bond motifs is 1. The molecule has 216 valence electrons. The number of amides is 1. The summed E-state index contributed by atoms with van der Waals surface area (Å²) in [6, 6.07) is 6.10. The maximum absolute atomic E-state index is 13.8. The number of carboxylic acids is 1.